The SMILES string of the molecule is BN1CCCC(C)C1. The van der Waals surface area contributed by atoms with Crippen molar-refractivity contribution in [1.82, 2.24) is 4.81 Å². The monoisotopic (exact) mass is 111 g/mol. The maximum absolute atomic E-state index is 2.41. The second-order valence-corrected chi connectivity index (χ2v) is 3.01. The van der Waals surface area contributed by atoms with Gasteiger partial charge >= 0.3 is 0 Å². The van der Waals surface area contributed by atoms with Crippen molar-refractivity contribution in [2.24, 2.45) is 5.92 Å². The third-order valence-electron chi connectivity index (χ3n) is 1.86. The Kier molecular flexibility index (Phi) is 1.95. The molecule has 0 amide bonds. The summed E-state index contributed by atoms with van der Waals surface area (Å²) < 4.78 is 0. The fourth-order valence-electron chi connectivity index (χ4n) is 1.42. The molecule has 1 atom stereocenters. The highest BCUT2D eigenvalue weighted by Gasteiger charge is 2.10. The first-order chi connectivity index (χ1) is 3.79. The zero-order valence-electron chi connectivity index (χ0n) is 5.85. The van der Waals surface area contributed by atoms with E-state index >= 15 is 0 Å². The maximum Gasteiger partial charge on any atom is 0.185 e. The summed E-state index contributed by atoms with van der Waals surface area (Å²) in [6.45, 7) is 4.94. The van der Waals surface area contributed by atoms with Crippen molar-refractivity contribution < 1.29 is 0 Å². The fourth-order valence-corrected chi connectivity index (χ4v) is 1.42. The zero-order chi connectivity index (χ0) is 5.98. The summed E-state index contributed by atoms with van der Waals surface area (Å²) in [6.07, 6.45) is 2.84. The minimum absolute atomic E-state index is 0.939. The van der Waals surface area contributed by atoms with Crippen molar-refractivity contribution in [3.8, 4) is 0 Å². The van der Waals surface area contributed by atoms with Gasteiger partial charge in [-0.25, -0.2) is 0 Å². The van der Waals surface area contributed by atoms with Crippen LogP contribution in [-0.4, -0.2) is 25.9 Å². The predicted octanol–water partition coefficient (Wildman–Crippen LogP) is 0.266. The summed E-state index contributed by atoms with van der Waals surface area (Å²) in [7, 11) is 2.20. The fraction of sp³-hybridized carbons (Fsp3) is 1.00. The van der Waals surface area contributed by atoms with Crippen LogP contribution in [0.2, 0.25) is 0 Å². The summed E-state index contributed by atoms with van der Waals surface area (Å²) in [4.78, 5) is 2.41. The second-order valence-electron chi connectivity index (χ2n) is 3.01. The van der Waals surface area contributed by atoms with Gasteiger partial charge in [0, 0.05) is 0 Å². The van der Waals surface area contributed by atoms with E-state index in [0.29, 0.717) is 0 Å². The van der Waals surface area contributed by atoms with Crippen LogP contribution >= 0.6 is 0 Å². The van der Waals surface area contributed by atoms with E-state index in [9.17, 15) is 0 Å². The van der Waals surface area contributed by atoms with Crippen molar-refractivity contribution in [2.75, 3.05) is 13.1 Å². The van der Waals surface area contributed by atoms with Gasteiger partial charge in [0.25, 0.3) is 0 Å². The molecule has 1 heterocycles. The van der Waals surface area contributed by atoms with Crippen LogP contribution in [0.15, 0.2) is 0 Å². The number of nitrogens with zero attached hydrogens (tertiary/aromatic N) is 1. The molecule has 0 spiro atoms. The number of hydrogen-bond acceptors (Lipinski definition) is 1. The Balaban J connectivity index is 2.23. The lowest BCUT2D eigenvalue weighted by atomic mass is 9.98. The molecule has 0 aliphatic carbocycles. The lowest BCUT2D eigenvalue weighted by Crippen LogP contribution is -2.31. The molecule has 0 N–H and O–H groups in total. The molecule has 0 aromatic carbocycles. The minimum atomic E-state index is 0.939. The Morgan fingerprint density at radius 2 is 2.38 bits per heavy atom. The summed E-state index contributed by atoms with van der Waals surface area (Å²) in [6, 6.07) is 0. The topological polar surface area (TPSA) is 3.24 Å². The molecule has 0 aromatic heterocycles. The van der Waals surface area contributed by atoms with Crippen LogP contribution in [0.4, 0.5) is 0 Å². The summed E-state index contributed by atoms with van der Waals surface area (Å²) in [5.41, 5.74) is 0. The first-order valence-electron chi connectivity index (χ1n) is 3.47. The molecular weight excluding hydrogens is 96.9 g/mol. The van der Waals surface area contributed by atoms with Gasteiger partial charge in [-0.05, 0) is 31.8 Å². The molecule has 0 bridgehead atoms. The van der Waals surface area contributed by atoms with Crippen LogP contribution in [0.25, 0.3) is 0 Å². The van der Waals surface area contributed by atoms with Gasteiger partial charge in [-0.1, -0.05) is 6.92 Å². The van der Waals surface area contributed by atoms with E-state index in [-0.39, 0.29) is 0 Å². The van der Waals surface area contributed by atoms with E-state index < -0.39 is 0 Å². The van der Waals surface area contributed by atoms with E-state index in [1.54, 1.807) is 0 Å². The largest absolute Gasteiger partial charge is 0.348 e. The average molecular weight is 111 g/mol. The summed E-state index contributed by atoms with van der Waals surface area (Å²) >= 11 is 0. The van der Waals surface area contributed by atoms with Crippen LogP contribution in [0.1, 0.15) is 19.8 Å². The van der Waals surface area contributed by atoms with Crippen LogP contribution in [-0.2, 0) is 0 Å². The van der Waals surface area contributed by atoms with E-state index in [2.05, 4.69) is 19.7 Å². The zero-order valence-corrected chi connectivity index (χ0v) is 5.85. The predicted molar refractivity (Wildman–Crippen MR) is 38.5 cm³/mol. The second kappa shape index (κ2) is 2.54. The molecule has 1 rings (SSSR count). The minimum Gasteiger partial charge on any atom is -0.348 e. The molecule has 1 aliphatic heterocycles. The van der Waals surface area contributed by atoms with Crippen molar-refractivity contribution in [3.05, 3.63) is 0 Å². The van der Waals surface area contributed by atoms with Crippen molar-refractivity contribution in [2.45, 2.75) is 19.8 Å². The van der Waals surface area contributed by atoms with Crippen molar-refractivity contribution in [3.63, 3.8) is 0 Å². The van der Waals surface area contributed by atoms with E-state index in [0.717, 1.165) is 5.92 Å². The molecule has 1 aliphatic rings. The molecule has 0 radical (unpaired) electrons. The first kappa shape index (κ1) is 6.15. The Morgan fingerprint density at radius 3 is 2.75 bits per heavy atom. The highest BCUT2D eigenvalue weighted by Crippen LogP contribution is 2.12. The molecule has 46 valence electrons. The Morgan fingerprint density at radius 1 is 1.62 bits per heavy atom. The van der Waals surface area contributed by atoms with Gasteiger partial charge in [0.1, 0.15) is 0 Å². The van der Waals surface area contributed by atoms with Crippen LogP contribution < -0.4 is 0 Å². The van der Waals surface area contributed by atoms with Gasteiger partial charge in [-0.3, -0.25) is 0 Å². The van der Waals surface area contributed by atoms with Gasteiger partial charge in [0.05, 0.1) is 0 Å². The maximum atomic E-state index is 2.41. The summed E-state index contributed by atoms with van der Waals surface area (Å²) in [5, 5.41) is 0. The summed E-state index contributed by atoms with van der Waals surface area (Å²) in [5.74, 6) is 0.939. The molecule has 8 heavy (non-hydrogen) atoms. The highest BCUT2D eigenvalue weighted by atomic mass is 15.0. The van der Waals surface area contributed by atoms with E-state index in [1.165, 1.54) is 25.9 Å². The Bertz CT molecular complexity index is 66.9. The lowest BCUT2D eigenvalue weighted by molar-refractivity contribution is 0.292. The third-order valence-corrected chi connectivity index (χ3v) is 1.86. The van der Waals surface area contributed by atoms with E-state index in [1.807, 2.05) is 0 Å². The Labute approximate surface area is 52.5 Å². The lowest BCUT2D eigenvalue weighted by Gasteiger charge is -2.27. The third kappa shape index (κ3) is 1.51. The molecule has 1 fully saturated rings. The van der Waals surface area contributed by atoms with Gasteiger partial charge in [-0.2, -0.15) is 0 Å². The number of hydrogen-bond donors (Lipinski definition) is 0. The first-order valence-corrected chi connectivity index (χ1v) is 3.47. The average Bonchev–Trinajstić information content (AvgIpc) is 1.64. The van der Waals surface area contributed by atoms with Gasteiger partial charge < -0.3 is 4.81 Å². The molecule has 1 nitrogen and oxygen atoms in total. The van der Waals surface area contributed by atoms with Crippen LogP contribution in [0.5, 0.6) is 0 Å². The molecule has 0 saturated carbocycles. The van der Waals surface area contributed by atoms with E-state index in [4.69, 9.17) is 0 Å². The number of rotatable bonds is 0. The molecular formula is C6H14BN. The molecule has 1 unspecified atom stereocenters. The number of piperidine rings is 1. The molecule has 1 saturated heterocycles. The smallest absolute Gasteiger partial charge is 0.185 e. The van der Waals surface area contributed by atoms with Crippen molar-refractivity contribution >= 4 is 7.98 Å². The van der Waals surface area contributed by atoms with Crippen LogP contribution in [0, 0.1) is 5.92 Å². The standard InChI is InChI=1S/C6H14BN/c1-6-3-2-4-8(7)5-6/h6H,2-5,7H2,1H3. The highest BCUT2D eigenvalue weighted by molar-refractivity contribution is 6.04. The van der Waals surface area contributed by atoms with Crippen molar-refractivity contribution in [1.29, 1.82) is 0 Å². The van der Waals surface area contributed by atoms with Gasteiger partial charge in [0.2, 0.25) is 0 Å². The molecule has 0 aromatic rings. The van der Waals surface area contributed by atoms with Gasteiger partial charge in [-0.15, -0.1) is 0 Å². The van der Waals surface area contributed by atoms with Crippen LogP contribution in [0.3, 0.4) is 0 Å². The molecule has 2 heteroatoms. The quantitative estimate of drug-likeness (QED) is 0.405. The Hall–Kier alpha value is 0.0249. The normalized spacial score (nSPS) is 32.9. The van der Waals surface area contributed by atoms with Gasteiger partial charge in [0.15, 0.2) is 7.98 Å².